The molecule has 0 radical (unpaired) electrons. The summed E-state index contributed by atoms with van der Waals surface area (Å²) in [6.45, 7) is 3.85. The van der Waals surface area contributed by atoms with Crippen molar-refractivity contribution >= 4 is 23.2 Å². The third-order valence-corrected chi connectivity index (χ3v) is 5.00. The minimum atomic E-state index is -0.274. The zero-order chi connectivity index (χ0) is 19.2. The van der Waals surface area contributed by atoms with Gasteiger partial charge in [-0.3, -0.25) is 14.6 Å². The lowest BCUT2D eigenvalue weighted by molar-refractivity contribution is -0.117. The minimum absolute atomic E-state index is 0.0502. The van der Waals surface area contributed by atoms with Gasteiger partial charge < -0.3 is 10.1 Å². The molecule has 2 aromatic rings. The Morgan fingerprint density at radius 1 is 1.11 bits per heavy atom. The first-order chi connectivity index (χ1) is 13.0. The van der Waals surface area contributed by atoms with Crippen LogP contribution in [-0.4, -0.2) is 55.5 Å². The average Bonchev–Trinajstić information content (AvgIpc) is 2.67. The van der Waals surface area contributed by atoms with E-state index in [1.165, 1.54) is 6.07 Å². The van der Waals surface area contributed by atoms with Gasteiger partial charge in [0.25, 0.3) is 0 Å². The van der Waals surface area contributed by atoms with Crippen molar-refractivity contribution in [2.75, 3.05) is 45.2 Å². The number of nitrogens with one attached hydrogen (secondary N) is 1. The standard InChI is InChI=1S/C20H23ClFN3O2/c1-27-16-7-5-15(6-8-16)23-20(26)14-25-11-9-24(10-12-25)13-17-18(21)3-2-4-19(17)22/h2-8H,9-14H2,1H3,(H,23,26). The third-order valence-electron chi connectivity index (χ3n) is 4.65. The van der Waals surface area contributed by atoms with Crippen molar-refractivity contribution in [1.82, 2.24) is 9.80 Å². The van der Waals surface area contributed by atoms with Crippen molar-refractivity contribution in [3.05, 3.63) is 58.9 Å². The van der Waals surface area contributed by atoms with Crippen LogP contribution in [0, 0.1) is 5.82 Å². The molecule has 1 amide bonds. The Bertz CT molecular complexity index is 757. The van der Waals surface area contributed by atoms with Crippen LogP contribution < -0.4 is 10.1 Å². The number of nitrogens with zero attached hydrogens (tertiary/aromatic N) is 2. The Morgan fingerprint density at radius 2 is 1.78 bits per heavy atom. The first-order valence-electron chi connectivity index (χ1n) is 8.86. The van der Waals surface area contributed by atoms with Crippen molar-refractivity contribution in [2.24, 2.45) is 0 Å². The summed E-state index contributed by atoms with van der Waals surface area (Å²) in [6.07, 6.45) is 0. The highest BCUT2D eigenvalue weighted by atomic mass is 35.5. The van der Waals surface area contributed by atoms with Gasteiger partial charge in [0, 0.05) is 49.0 Å². The molecule has 27 heavy (non-hydrogen) atoms. The average molecular weight is 392 g/mol. The van der Waals surface area contributed by atoms with E-state index < -0.39 is 0 Å². The molecule has 1 aliphatic rings. The Kier molecular flexibility index (Phi) is 6.66. The van der Waals surface area contributed by atoms with Gasteiger partial charge in [-0.1, -0.05) is 17.7 Å². The van der Waals surface area contributed by atoms with Crippen LogP contribution >= 0.6 is 11.6 Å². The van der Waals surface area contributed by atoms with Crippen LogP contribution in [0.2, 0.25) is 5.02 Å². The monoisotopic (exact) mass is 391 g/mol. The van der Waals surface area contributed by atoms with Crippen molar-refractivity contribution < 1.29 is 13.9 Å². The molecule has 0 unspecified atom stereocenters. The van der Waals surface area contributed by atoms with E-state index >= 15 is 0 Å². The molecule has 5 nitrogen and oxygen atoms in total. The van der Waals surface area contributed by atoms with E-state index in [1.54, 1.807) is 19.2 Å². The number of benzene rings is 2. The van der Waals surface area contributed by atoms with Crippen molar-refractivity contribution in [3.63, 3.8) is 0 Å². The molecule has 0 atom stereocenters. The van der Waals surface area contributed by atoms with Crippen LogP contribution in [0.3, 0.4) is 0 Å². The van der Waals surface area contributed by atoms with Gasteiger partial charge in [-0.25, -0.2) is 4.39 Å². The largest absolute Gasteiger partial charge is 0.497 e. The van der Waals surface area contributed by atoms with Gasteiger partial charge in [-0.15, -0.1) is 0 Å². The molecule has 0 saturated carbocycles. The van der Waals surface area contributed by atoms with Crippen molar-refractivity contribution in [2.45, 2.75) is 6.54 Å². The van der Waals surface area contributed by atoms with E-state index in [-0.39, 0.29) is 11.7 Å². The van der Waals surface area contributed by atoms with Gasteiger partial charge in [0.2, 0.25) is 5.91 Å². The van der Waals surface area contributed by atoms with E-state index in [9.17, 15) is 9.18 Å². The fourth-order valence-corrected chi connectivity index (χ4v) is 3.31. The van der Waals surface area contributed by atoms with Crippen molar-refractivity contribution in [1.29, 1.82) is 0 Å². The predicted octanol–water partition coefficient (Wildman–Crippen LogP) is 3.24. The minimum Gasteiger partial charge on any atom is -0.497 e. The molecule has 0 bridgehead atoms. The molecule has 0 aromatic heterocycles. The molecule has 144 valence electrons. The first-order valence-corrected chi connectivity index (χ1v) is 9.24. The highest BCUT2D eigenvalue weighted by molar-refractivity contribution is 6.31. The smallest absolute Gasteiger partial charge is 0.238 e. The summed E-state index contributed by atoms with van der Waals surface area (Å²) < 4.78 is 19.0. The molecule has 3 rings (SSSR count). The SMILES string of the molecule is COc1ccc(NC(=O)CN2CCN(Cc3c(F)cccc3Cl)CC2)cc1. The highest BCUT2D eigenvalue weighted by Gasteiger charge is 2.20. The molecule has 1 fully saturated rings. The van der Waals surface area contributed by atoms with Crippen LogP contribution in [0.25, 0.3) is 0 Å². The maximum atomic E-state index is 13.9. The van der Waals surface area contributed by atoms with Crippen LogP contribution in [0.15, 0.2) is 42.5 Å². The summed E-state index contributed by atoms with van der Waals surface area (Å²) in [7, 11) is 1.60. The molecular weight excluding hydrogens is 369 g/mol. The summed E-state index contributed by atoms with van der Waals surface area (Å²) >= 11 is 6.10. The van der Waals surface area contributed by atoms with E-state index in [1.807, 2.05) is 24.3 Å². The number of carbonyl (C=O) groups is 1. The molecule has 7 heteroatoms. The molecular formula is C20H23ClFN3O2. The number of piperazine rings is 1. The number of rotatable bonds is 6. The number of anilines is 1. The summed E-state index contributed by atoms with van der Waals surface area (Å²) in [4.78, 5) is 16.5. The van der Waals surface area contributed by atoms with Gasteiger partial charge in [-0.2, -0.15) is 0 Å². The molecule has 1 aliphatic heterocycles. The number of ether oxygens (including phenoxy) is 1. The maximum absolute atomic E-state index is 13.9. The van der Waals surface area contributed by atoms with Crippen LogP contribution in [0.1, 0.15) is 5.56 Å². The van der Waals surface area contributed by atoms with E-state index in [4.69, 9.17) is 16.3 Å². The first kappa shape index (κ1) is 19.6. The second-order valence-corrected chi connectivity index (χ2v) is 6.94. The van der Waals surface area contributed by atoms with Crippen LogP contribution in [0.4, 0.5) is 10.1 Å². The van der Waals surface area contributed by atoms with Gasteiger partial charge in [-0.05, 0) is 36.4 Å². The lowest BCUT2D eigenvalue weighted by Gasteiger charge is -2.34. The third kappa shape index (κ3) is 5.42. The van der Waals surface area contributed by atoms with Crippen LogP contribution in [-0.2, 0) is 11.3 Å². The van der Waals surface area contributed by atoms with Gasteiger partial charge >= 0.3 is 0 Å². The second-order valence-electron chi connectivity index (χ2n) is 6.53. The Hall–Kier alpha value is -2.15. The highest BCUT2D eigenvalue weighted by Crippen LogP contribution is 2.21. The van der Waals surface area contributed by atoms with Gasteiger partial charge in [0.1, 0.15) is 11.6 Å². The number of carbonyl (C=O) groups excluding carboxylic acids is 1. The normalized spacial score (nSPS) is 15.5. The predicted molar refractivity (Wildman–Crippen MR) is 105 cm³/mol. The topological polar surface area (TPSA) is 44.8 Å². The summed E-state index contributed by atoms with van der Waals surface area (Å²) in [5.41, 5.74) is 1.28. The molecule has 2 aromatic carbocycles. The Morgan fingerprint density at radius 3 is 2.41 bits per heavy atom. The second kappa shape index (κ2) is 9.17. The Labute approximate surface area is 163 Å². The number of methoxy groups -OCH3 is 1. The van der Waals surface area contributed by atoms with Crippen LogP contribution in [0.5, 0.6) is 5.75 Å². The van der Waals surface area contributed by atoms with E-state index in [0.717, 1.165) is 37.6 Å². The molecule has 1 heterocycles. The summed E-state index contributed by atoms with van der Waals surface area (Å²) in [5, 5.41) is 3.34. The summed E-state index contributed by atoms with van der Waals surface area (Å²) in [6, 6.07) is 12.0. The maximum Gasteiger partial charge on any atom is 0.238 e. The molecule has 1 saturated heterocycles. The molecule has 1 N–H and O–H groups in total. The number of halogens is 2. The van der Waals surface area contributed by atoms with Gasteiger partial charge in [0.15, 0.2) is 0 Å². The lowest BCUT2D eigenvalue weighted by Crippen LogP contribution is -2.48. The quantitative estimate of drug-likeness (QED) is 0.821. The van der Waals surface area contributed by atoms with E-state index in [0.29, 0.717) is 23.7 Å². The number of amides is 1. The summed E-state index contributed by atoms with van der Waals surface area (Å²) in [5.74, 6) is 0.425. The molecule has 0 aliphatic carbocycles. The Balaban J connectivity index is 1.45. The fraction of sp³-hybridized carbons (Fsp3) is 0.350. The number of hydrogen-bond acceptors (Lipinski definition) is 4. The van der Waals surface area contributed by atoms with Crippen molar-refractivity contribution in [3.8, 4) is 5.75 Å². The lowest BCUT2D eigenvalue weighted by atomic mass is 10.2. The zero-order valence-electron chi connectivity index (χ0n) is 15.3. The van der Waals surface area contributed by atoms with Gasteiger partial charge in [0.05, 0.1) is 13.7 Å². The molecule has 0 spiro atoms. The fourth-order valence-electron chi connectivity index (χ4n) is 3.09. The number of hydrogen-bond donors (Lipinski definition) is 1. The van der Waals surface area contributed by atoms with E-state index in [2.05, 4.69) is 15.1 Å². The zero-order valence-corrected chi connectivity index (χ0v) is 16.0.